The molecule has 0 heterocycles. The molecule has 4 amide bonds. The van der Waals surface area contributed by atoms with E-state index >= 15 is 0 Å². The summed E-state index contributed by atoms with van der Waals surface area (Å²) in [6.07, 6.45) is -6.25. The minimum absolute atomic E-state index is 0.0641. The van der Waals surface area contributed by atoms with E-state index in [1.807, 2.05) is 32.0 Å². The van der Waals surface area contributed by atoms with Gasteiger partial charge in [0.2, 0.25) is 11.8 Å². The Morgan fingerprint density at radius 3 is 2.21 bits per heavy atom. The van der Waals surface area contributed by atoms with Gasteiger partial charge in [-0.05, 0) is 77.8 Å². The molecule has 13 heteroatoms. The van der Waals surface area contributed by atoms with Crippen molar-refractivity contribution in [2.24, 2.45) is 0 Å². The first-order valence-corrected chi connectivity index (χ1v) is 13.7. The Morgan fingerprint density at radius 1 is 0.953 bits per heavy atom. The zero-order valence-corrected chi connectivity index (χ0v) is 25.4. The number of aryl methyl sites for hydroxylation is 2. The summed E-state index contributed by atoms with van der Waals surface area (Å²) in [7, 11) is 0. The fourth-order valence-electron chi connectivity index (χ4n) is 3.93. The van der Waals surface area contributed by atoms with Gasteiger partial charge in [-0.25, -0.2) is 4.79 Å². The number of amides is 4. The number of hydrogen-bond acceptors (Lipinski definition) is 6. The lowest BCUT2D eigenvalue weighted by molar-refractivity contribution is -0.137. The Bertz CT molecular complexity index is 1320. The number of hydrogen-bond donors (Lipinski definition) is 5. The molecule has 0 aliphatic heterocycles. The van der Waals surface area contributed by atoms with Crippen molar-refractivity contribution in [3.8, 4) is 0 Å². The summed E-state index contributed by atoms with van der Waals surface area (Å²) in [6, 6.07) is 7.14. The topological polar surface area (TPSA) is 138 Å². The quantitative estimate of drug-likeness (QED) is 0.260. The largest absolute Gasteiger partial charge is 0.447 e. The molecule has 2 aromatic rings. The van der Waals surface area contributed by atoms with E-state index in [-0.39, 0.29) is 12.2 Å². The van der Waals surface area contributed by atoms with Crippen LogP contribution in [0.1, 0.15) is 67.2 Å². The van der Waals surface area contributed by atoms with E-state index in [0.29, 0.717) is 18.7 Å². The predicted octanol–water partition coefficient (Wildman–Crippen LogP) is 4.20. The number of nitrogens with one attached hydrogen (secondary N) is 5. The van der Waals surface area contributed by atoms with Crippen LogP contribution in [0.15, 0.2) is 36.4 Å². The van der Waals surface area contributed by atoms with Gasteiger partial charge in [-0.15, -0.1) is 0 Å². The van der Waals surface area contributed by atoms with Crippen LogP contribution in [0, 0.1) is 13.8 Å². The molecule has 236 valence electrons. The minimum Gasteiger partial charge on any atom is -0.447 e. The van der Waals surface area contributed by atoms with Gasteiger partial charge < -0.3 is 26.0 Å². The van der Waals surface area contributed by atoms with Crippen molar-refractivity contribution in [1.29, 1.82) is 0 Å². The Morgan fingerprint density at radius 2 is 1.63 bits per heavy atom. The normalized spacial score (nSPS) is 12.3. The third-order valence-electron chi connectivity index (χ3n) is 5.89. The highest BCUT2D eigenvalue weighted by atomic mass is 19.4. The van der Waals surface area contributed by atoms with Gasteiger partial charge in [0, 0.05) is 18.6 Å². The lowest BCUT2D eigenvalue weighted by Crippen LogP contribution is -2.56. The van der Waals surface area contributed by atoms with E-state index in [4.69, 9.17) is 4.74 Å². The van der Waals surface area contributed by atoms with Crippen molar-refractivity contribution in [2.45, 2.75) is 78.9 Å². The van der Waals surface area contributed by atoms with Crippen LogP contribution >= 0.6 is 0 Å². The number of benzene rings is 2. The molecule has 1 atom stereocenters. The van der Waals surface area contributed by atoms with Crippen molar-refractivity contribution >= 4 is 29.5 Å². The third-order valence-corrected chi connectivity index (χ3v) is 5.89. The zero-order chi connectivity index (χ0) is 32.5. The summed E-state index contributed by atoms with van der Waals surface area (Å²) in [6.45, 7) is 12.3. The summed E-state index contributed by atoms with van der Waals surface area (Å²) in [5, 5.41) is 13.0. The molecular weight excluding hydrogens is 567 g/mol. The molecule has 0 aliphatic carbocycles. The summed E-state index contributed by atoms with van der Waals surface area (Å²) in [4.78, 5) is 50.7. The molecular formula is C30H40F3N5O5. The summed E-state index contributed by atoms with van der Waals surface area (Å²) in [5.41, 5.74) is 0.707. The van der Waals surface area contributed by atoms with Crippen molar-refractivity contribution < 1.29 is 37.1 Å². The van der Waals surface area contributed by atoms with E-state index in [1.165, 1.54) is 0 Å². The first-order chi connectivity index (χ1) is 19.9. The second kappa shape index (κ2) is 14.9. The molecule has 2 aromatic carbocycles. The van der Waals surface area contributed by atoms with Gasteiger partial charge in [0.05, 0.1) is 29.5 Å². The van der Waals surface area contributed by atoms with E-state index in [2.05, 4.69) is 26.6 Å². The molecule has 10 nitrogen and oxygen atoms in total. The molecule has 0 bridgehead atoms. The van der Waals surface area contributed by atoms with Crippen LogP contribution in [-0.2, 0) is 27.0 Å². The molecule has 0 spiro atoms. The van der Waals surface area contributed by atoms with Gasteiger partial charge in [-0.2, -0.15) is 13.2 Å². The van der Waals surface area contributed by atoms with E-state index in [9.17, 15) is 32.3 Å². The van der Waals surface area contributed by atoms with Gasteiger partial charge in [0.15, 0.2) is 0 Å². The summed E-state index contributed by atoms with van der Waals surface area (Å²) < 4.78 is 45.0. The Balaban J connectivity index is 2.14. The second-order valence-corrected chi connectivity index (χ2v) is 11.4. The molecule has 0 aliphatic rings. The molecule has 0 aromatic heterocycles. The fourth-order valence-corrected chi connectivity index (χ4v) is 3.93. The van der Waals surface area contributed by atoms with Gasteiger partial charge in [0.1, 0.15) is 6.04 Å². The summed E-state index contributed by atoms with van der Waals surface area (Å²) in [5.74, 6) is -2.27. The Labute approximate surface area is 249 Å². The molecule has 2 rings (SSSR count). The van der Waals surface area contributed by atoms with Crippen LogP contribution in [0.5, 0.6) is 0 Å². The average molecular weight is 608 g/mol. The van der Waals surface area contributed by atoms with Crippen molar-refractivity contribution in [2.75, 3.05) is 18.4 Å². The van der Waals surface area contributed by atoms with Gasteiger partial charge in [0.25, 0.3) is 5.91 Å². The highest BCUT2D eigenvalue weighted by Crippen LogP contribution is 2.32. The second-order valence-electron chi connectivity index (χ2n) is 11.4. The number of rotatable bonds is 11. The molecule has 43 heavy (non-hydrogen) atoms. The Hall–Kier alpha value is -4.13. The van der Waals surface area contributed by atoms with E-state index < -0.39 is 65.3 Å². The van der Waals surface area contributed by atoms with Crippen LogP contribution < -0.4 is 26.6 Å². The molecule has 5 N–H and O–H groups in total. The lowest BCUT2D eigenvalue weighted by atomic mass is 10.1. The maximum Gasteiger partial charge on any atom is 0.416 e. The molecule has 1 unspecified atom stereocenters. The lowest BCUT2D eigenvalue weighted by Gasteiger charge is -2.26. The van der Waals surface area contributed by atoms with Crippen LogP contribution in [0.4, 0.5) is 23.7 Å². The van der Waals surface area contributed by atoms with Gasteiger partial charge in [-0.3, -0.25) is 19.7 Å². The summed E-state index contributed by atoms with van der Waals surface area (Å²) >= 11 is 0. The Kier molecular flexibility index (Phi) is 12.1. The number of carbonyl (C=O) groups is 4. The molecule has 0 saturated heterocycles. The van der Waals surface area contributed by atoms with Crippen LogP contribution in [0.3, 0.4) is 0 Å². The van der Waals surface area contributed by atoms with E-state index in [1.54, 1.807) is 34.6 Å². The smallest absolute Gasteiger partial charge is 0.416 e. The number of alkyl halides is 3. The van der Waals surface area contributed by atoms with Crippen molar-refractivity contribution in [3.05, 3.63) is 64.2 Å². The average Bonchev–Trinajstić information content (AvgIpc) is 2.85. The van der Waals surface area contributed by atoms with Gasteiger partial charge in [-0.1, -0.05) is 23.8 Å². The first-order valence-electron chi connectivity index (χ1n) is 13.7. The van der Waals surface area contributed by atoms with Crippen molar-refractivity contribution in [1.82, 2.24) is 21.3 Å². The highest BCUT2D eigenvalue weighted by molar-refractivity contribution is 6.04. The van der Waals surface area contributed by atoms with Crippen LogP contribution in [0.25, 0.3) is 0 Å². The van der Waals surface area contributed by atoms with Crippen LogP contribution in [0.2, 0.25) is 0 Å². The third kappa shape index (κ3) is 11.9. The SMILES string of the molecule is Cc1ccc(CNCC(NC(=O)CNC(=O)c2cc(C(F)(F)F)ccc2NC(=O)OC(C)C)C(=O)NC(C)(C)C)c(C)c1. The van der Waals surface area contributed by atoms with Crippen molar-refractivity contribution in [3.63, 3.8) is 0 Å². The maximum absolute atomic E-state index is 13.3. The highest BCUT2D eigenvalue weighted by Gasteiger charge is 2.32. The van der Waals surface area contributed by atoms with E-state index in [0.717, 1.165) is 22.8 Å². The number of anilines is 1. The van der Waals surface area contributed by atoms with Gasteiger partial charge >= 0.3 is 12.3 Å². The molecule has 0 radical (unpaired) electrons. The number of halogens is 3. The molecule has 0 saturated carbocycles. The maximum atomic E-state index is 13.3. The monoisotopic (exact) mass is 607 g/mol. The number of ether oxygens (including phenoxy) is 1. The minimum atomic E-state index is -4.76. The van der Waals surface area contributed by atoms with Crippen LogP contribution in [-0.4, -0.2) is 54.6 Å². The predicted molar refractivity (Wildman–Crippen MR) is 156 cm³/mol. The first kappa shape index (κ1) is 35.1. The fraction of sp³-hybridized carbons (Fsp3) is 0.467. The standard InChI is InChI=1S/C30H40F3N5O5/c1-17(2)43-28(42)37-23-11-10-21(30(31,32)33)13-22(23)26(40)35-16-25(39)36-24(27(41)38-29(5,6)7)15-34-14-20-9-8-18(3)12-19(20)4/h8-13,17,24,34H,14-16H2,1-7H3,(H,35,40)(H,36,39)(H,37,42)(H,38,41). The number of carbonyl (C=O) groups excluding carboxylic acids is 4. The molecule has 0 fully saturated rings. The zero-order valence-electron chi connectivity index (χ0n) is 25.4.